The van der Waals surface area contributed by atoms with Crippen molar-refractivity contribution in [2.45, 2.75) is 6.54 Å². The highest BCUT2D eigenvalue weighted by Crippen LogP contribution is 2.24. The number of hydrogen-bond donors (Lipinski definition) is 3. The smallest absolute Gasteiger partial charge is 0.323 e. The predicted molar refractivity (Wildman–Crippen MR) is 102 cm³/mol. The molecule has 4 rings (SSSR count). The van der Waals surface area contributed by atoms with E-state index in [9.17, 15) is 4.79 Å². The minimum absolute atomic E-state index is 0.205. The first-order chi connectivity index (χ1) is 12.7. The Balaban J connectivity index is 1.56. The summed E-state index contributed by atoms with van der Waals surface area (Å²) in [5.41, 5.74) is 5.38. The fourth-order valence-corrected chi connectivity index (χ4v) is 2.89. The Morgan fingerprint density at radius 2 is 1.88 bits per heavy atom. The van der Waals surface area contributed by atoms with Gasteiger partial charge in [-0.1, -0.05) is 18.2 Å². The zero-order chi connectivity index (χ0) is 17.9. The second kappa shape index (κ2) is 6.76. The first-order valence-corrected chi connectivity index (χ1v) is 8.25. The first kappa shape index (κ1) is 16.0. The molecule has 26 heavy (non-hydrogen) atoms. The van der Waals surface area contributed by atoms with Crippen molar-refractivity contribution < 1.29 is 4.74 Å². The van der Waals surface area contributed by atoms with Gasteiger partial charge in [-0.25, -0.2) is 4.79 Å². The molecule has 0 aliphatic carbocycles. The van der Waals surface area contributed by atoms with E-state index in [1.165, 1.54) is 0 Å². The van der Waals surface area contributed by atoms with Gasteiger partial charge in [0.1, 0.15) is 5.75 Å². The van der Waals surface area contributed by atoms with Crippen molar-refractivity contribution >= 4 is 16.7 Å². The highest BCUT2D eigenvalue weighted by Gasteiger charge is 2.04. The van der Waals surface area contributed by atoms with E-state index in [0.717, 1.165) is 39.2 Å². The number of nitrogens with one attached hydrogen (secondary N) is 3. The van der Waals surface area contributed by atoms with Crippen LogP contribution in [0.5, 0.6) is 5.75 Å². The molecule has 0 unspecified atom stereocenters. The minimum Gasteiger partial charge on any atom is -0.497 e. The second-order valence-electron chi connectivity index (χ2n) is 6.01. The summed E-state index contributed by atoms with van der Waals surface area (Å²) < 4.78 is 5.25. The number of rotatable bonds is 5. The number of anilines is 1. The van der Waals surface area contributed by atoms with Gasteiger partial charge in [0.25, 0.3) is 0 Å². The molecule has 0 aliphatic rings. The van der Waals surface area contributed by atoms with E-state index in [4.69, 9.17) is 4.74 Å². The summed E-state index contributed by atoms with van der Waals surface area (Å²) in [4.78, 5) is 21.3. The van der Waals surface area contributed by atoms with E-state index in [0.29, 0.717) is 6.54 Å². The van der Waals surface area contributed by atoms with E-state index in [1.807, 2.05) is 54.7 Å². The van der Waals surface area contributed by atoms with Crippen molar-refractivity contribution in [2.75, 3.05) is 12.4 Å². The Kier molecular flexibility index (Phi) is 4.15. The summed E-state index contributed by atoms with van der Waals surface area (Å²) in [6.45, 7) is 0.673. The van der Waals surface area contributed by atoms with E-state index in [-0.39, 0.29) is 5.69 Å². The fourth-order valence-electron chi connectivity index (χ4n) is 2.89. The maximum Gasteiger partial charge on any atom is 0.323 e. The average molecular weight is 346 g/mol. The lowest BCUT2D eigenvalue weighted by atomic mass is 10.1. The van der Waals surface area contributed by atoms with Crippen molar-refractivity contribution in [1.29, 1.82) is 0 Å². The Morgan fingerprint density at radius 3 is 2.77 bits per heavy atom. The van der Waals surface area contributed by atoms with Crippen LogP contribution in [0, 0.1) is 0 Å². The molecular weight excluding hydrogens is 328 g/mol. The van der Waals surface area contributed by atoms with Crippen LogP contribution in [0.25, 0.3) is 22.2 Å². The summed E-state index contributed by atoms with van der Waals surface area (Å²) in [7, 11) is 1.66. The van der Waals surface area contributed by atoms with Crippen LogP contribution in [0.4, 0.5) is 5.69 Å². The molecule has 6 heteroatoms. The van der Waals surface area contributed by atoms with Crippen LogP contribution in [0.3, 0.4) is 0 Å². The first-order valence-electron chi connectivity index (χ1n) is 8.25. The molecule has 6 nitrogen and oxygen atoms in total. The lowest BCUT2D eigenvalue weighted by molar-refractivity contribution is 0.414. The number of imidazole rings is 1. The number of pyridine rings is 1. The van der Waals surface area contributed by atoms with Crippen molar-refractivity contribution in [3.05, 3.63) is 77.0 Å². The number of ether oxygens (including phenoxy) is 1. The zero-order valence-electron chi connectivity index (χ0n) is 14.2. The molecule has 0 aliphatic heterocycles. The largest absolute Gasteiger partial charge is 0.497 e. The third kappa shape index (κ3) is 3.30. The summed E-state index contributed by atoms with van der Waals surface area (Å²) in [6, 6.07) is 15.8. The number of aromatic nitrogens is 3. The summed E-state index contributed by atoms with van der Waals surface area (Å²) in [5, 5.41) is 3.38. The van der Waals surface area contributed by atoms with Crippen LogP contribution in [0.2, 0.25) is 0 Å². The van der Waals surface area contributed by atoms with Crippen LogP contribution in [0.15, 0.2) is 65.7 Å². The van der Waals surface area contributed by atoms with E-state index in [1.54, 1.807) is 13.3 Å². The summed E-state index contributed by atoms with van der Waals surface area (Å²) in [5.74, 6) is 0.838. The highest BCUT2D eigenvalue weighted by atomic mass is 16.5. The lowest BCUT2D eigenvalue weighted by Crippen LogP contribution is -2.00. The highest BCUT2D eigenvalue weighted by molar-refractivity contribution is 5.81. The molecule has 0 atom stereocenters. The summed E-state index contributed by atoms with van der Waals surface area (Å²) in [6.07, 6.45) is 3.60. The Morgan fingerprint density at radius 1 is 1.00 bits per heavy atom. The topological polar surface area (TPSA) is 82.8 Å². The normalized spacial score (nSPS) is 10.8. The van der Waals surface area contributed by atoms with Gasteiger partial charge >= 0.3 is 5.69 Å². The maximum atomic E-state index is 11.4. The molecule has 0 bridgehead atoms. The number of hydrogen-bond acceptors (Lipinski definition) is 4. The number of methoxy groups -OCH3 is 1. The van der Waals surface area contributed by atoms with Gasteiger partial charge in [-0.2, -0.15) is 0 Å². The van der Waals surface area contributed by atoms with Gasteiger partial charge in [0.05, 0.1) is 23.8 Å². The van der Waals surface area contributed by atoms with Crippen molar-refractivity contribution in [3.8, 4) is 16.9 Å². The van der Waals surface area contributed by atoms with E-state index in [2.05, 4.69) is 20.3 Å². The average Bonchev–Trinajstić information content (AvgIpc) is 3.06. The molecule has 0 fully saturated rings. The maximum absolute atomic E-state index is 11.4. The molecule has 0 spiro atoms. The Labute approximate surface area is 149 Å². The quantitative estimate of drug-likeness (QED) is 0.516. The zero-order valence-corrected chi connectivity index (χ0v) is 14.2. The molecule has 0 saturated carbocycles. The molecule has 3 N–H and O–H groups in total. The monoisotopic (exact) mass is 346 g/mol. The SMILES string of the molecule is COc1cccc(CNc2cncc(-c3ccc4[nH]c(=O)[nH]c4c3)c2)c1. The molecule has 4 aromatic rings. The van der Waals surface area contributed by atoms with Crippen LogP contribution < -0.4 is 15.7 Å². The molecule has 2 heterocycles. The molecule has 2 aromatic carbocycles. The van der Waals surface area contributed by atoms with Gasteiger partial charge in [-0.15, -0.1) is 0 Å². The lowest BCUT2D eigenvalue weighted by Gasteiger charge is -2.09. The second-order valence-corrected chi connectivity index (χ2v) is 6.01. The van der Waals surface area contributed by atoms with Gasteiger partial charge in [0, 0.05) is 24.5 Å². The number of fused-ring (bicyclic) bond motifs is 1. The standard InChI is InChI=1S/C20H18N4O2/c1-26-17-4-2-3-13(7-17)10-22-16-8-15(11-21-12-16)14-5-6-18-19(9-14)24-20(25)23-18/h2-9,11-12,22H,10H2,1H3,(H2,23,24,25). The molecule has 0 radical (unpaired) electrons. The van der Waals surface area contributed by atoms with E-state index < -0.39 is 0 Å². The number of benzene rings is 2. The van der Waals surface area contributed by atoms with Gasteiger partial charge in [-0.05, 0) is 41.5 Å². The minimum atomic E-state index is -0.205. The van der Waals surface area contributed by atoms with Gasteiger partial charge in [0.15, 0.2) is 0 Å². The Hall–Kier alpha value is -3.54. The van der Waals surface area contributed by atoms with Crippen molar-refractivity contribution in [2.24, 2.45) is 0 Å². The van der Waals surface area contributed by atoms with Gasteiger partial charge in [0.2, 0.25) is 0 Å². The summed E-state index contributed by atoms with van der Waals surface area (Å²) >= 11 is 0. The van der Waals surface area contributed by atoms with Crippen LogP contribution in [-0.4, -0.2) is 22.1 Å². The number of nitrogens with zero attached hydrogens (tertiary/aromatic N) is 1. The molecule has 0 saturated heterocycles. The van der Waals surface area contributed by atoms with Crippen LogP contribution in [0.1, 0.15) is 5.56 Å². The molecule has 2 aromatic heterocycles. The van der Waals surface area contributed by atoms with Crippen molar-refractivity contribution in [1.82, 2.24) is 15.0 Å². The van der Waals surface area contributed by atoms with Crippen molar-refractivity contribution in [3.63, 3.8) is 0 Å². The third-order valence-electron chi connectivity index (χ3n) is 4.22. The molecular formula is C20H18N4O2. The van der Waals surface area contributed by atoms with Crippen LogP contribution >= 0.6 is 0 Å². The van der Waals surface area contributed by atoms with Gasteiger partial charge in [-0.3, -0.25) is 4.98 Å². The Bertz CT molecular complexity index is 1110. The molecule has 0 amide bonds. The fraction of sp³-hybridized carbons (Fsp3) is 0.100. The number of aromatic amines is 2. The van der Waals surface area contributed by atoms with Crippen LogP contribution in [-0.2, 0) is 6.54 Å². The predicted octanol–water partition coefficient (Wildman–Crippen LogP) is 3.54. The molecule has 130 valence electrons. The van der Waals surface area contributed by atoms with E-state index >= 15 is 0 Å². The third-order valence-corrected chi connectivity index (χ3v) is 4.22. The number of H-pyrrole nitrogens is 2. The van der Waals surface area contributed by atoms with Gasteiger partial charge < -0.3 is 20.0 Å².